The fourth-order valence-electron chi connectivity index (χ4n) is 3.32. The van der Waals surface area contributed by atoms with E-state index in [1.807, 2.05) is 6.07 Å². The van der Waals surface area contributed by atoms with E-state index >= 15 is 0 Å². The third-order valence-electron chi connectivity index (χ3n) is 4.93. The first-order valence-electron chi connectivity index (χ1n) is 10.5. The van der Waals surface area contributed by atoms with Crippen molar-refractivity contribution in [2.75, 3.05) is 0 Å². The normalized spacial score (nSPS) is 11.1. The number of para-hydroxylation sites is 1. The van der Waals surface area contributed by atoms with Gasteiger partial charge in [0.25, 0.3) is 10.1 Å². The summed E-state index contributed by atoms with van der Waals surface area (Å²) >= 11 is 0. The molecule has 2 rings (SSSR count). The van der Waals surface area contributed by atoms with Crippen LogP contribution in [0.1, 0.15) is 70.3 Å². The molecular formula is C23H31NaO5S. The van der Waals surface area contributed by atoms with Gasteiger partial charge in [-0.2, -0.15) is 8.42 Å². The number of rotatable bonds is 13. The van der Waals surface area contributed by atoms with Crippen LogP contribution in [0.15, 0.2) is 47.4 Å². The molecule has 0 aliphatic rings. The molecule has 2 aromatic rings. The van der Waals surface area contributed by atoms with Gasteiger partial charge in [-0.25, -0.2) is 0 Å². The Labute approximate surface area is 202 Å². The molecular weight excluding hydrogens is 411 g/mol. The third kappa shape index (κ3) is 9.40. The van der Waals surface area contributed by atoms with E-state index in [1.165, 1.54) is 69.2 Å². The maximum absolute atomic E-state index is 12.3. The Balaban J connectivity index is 0.00000450. The molecule has 0 radical (unpaired) electrons. The molecule has 7 heteroatoms. The Morgan fingerprint density at radius 3 is 2.13 bits per heavy atom. The Kier molecular flexibility index (Phi) is 12.7. The first-order chi connectivity index (χ1) is 13.9. The first-order valence-corrected chi connectivity index (χ1v) is 11.9. The van der Waals surface area contributed by atoms with E-state index in [9.17, 15) is 18.1 Å². The van der Waals surface area contributed by atoms with E-state index in [4.69, 9.17) is 4.74 Å². The molecule has 0 aromatic heterocycles. The van der Waals surface area contributed by atoms with Crippen LogP contribution in [0.2, 0.25) is 0 Å². The SMILES string of the molecule is CCCCCCCCCCCc1cccc([O-])c1Oc1cccc(S(=O)(=O)O)c1.[Na+]. The molecule has 0 amide bonds. The van der Waals surface area contributed by atoms with Gasteiger partial charge in [0.2, 0.25) is 0 Å². The minimum atomic E-state index is -4.33. The van der Waals surface area contributed by atoms with Crippen LogP contribution >= 0.6 is 0 Å². The Bertz CT molecular complexity index is 868. The Morgan fingerprint density at radius 1 is 0.900 bits per heavy atom. The minimum Gasteiger partial charge on any atom is -0.870 e. The third-order valence-corrected chi connectivity index (χ3v) is 5.78. The average Bonchev–Trinajstić information content (AvgIpc) is 2.68. The van der Waals surface area contributed by atoms with Crippen molar-refractivity contribution in [1.82, 2.24) is 0 Å². The van der Waals surface area contributed by atoms with Gasteiger partial charge in [-0.15, -0.1) is 0 Å². The largest absolute Gasteiger partial charge is 1.00 e. The molecule has 0 saturated heterocycles. The predicted octanol–water partition coefficient (Wildman–Crippen LogP) is 2.88. The van der Waals surface area contributed by atoms with Gasteiger partial charge in [0, 0.05) is 6.07 Å². The van der Waals surface area contributed by atoms with Crippen LogP contribution in [-0.2, 0) is 16.5 Å². The monoisotopic (exact) mass is 442 g/mol. The van der Waals surface area contributed by atoms with E-state index in [-0.39, 0.29) is 51.7 Å². The van der Waals surface area contributed by atoms with Crippen molar-refractivity contribution in [3.05, 3.63) is 48.0 Å². The quantitative estimate of drug-likeness (QED) is 0.293. The molecule has 0 spiro atoms. The fourth-order valence-corrected chi connectivity index (χ4v) is 3.83. The molecule has 2 aromatic carbocycles. The maximum atomic E-state index is 12.3. The fraction of sp³-hybridized carbons (Fsp3) is 0.478. The van der Waals surface area contributed by atoms with Gasteiger partial charge < -0.3 is 9.84 Å². The number of ether oxygens (including phenoxy) is 1. The zero-order valence-corrected chi connectivity index (χ0v) is 20.9. The summed E-state index contributed by atoms with van der Waals surface area (Å²) in [4.78, 5) is -0.265. The van der Waals surface area contributed by atoms with Crippen LogP contribution < -0.4 is 39.4 Å². The van der Waals surface area contributed by atoms with Crippen molar-refractivity contribution in [2.24, 2.45) is 0 Å². The van der Waals surface area contributed by atoms with Crippen molar-refractivity contribution in [2.45, 2.75) is 76.0 Å². The van der Waals surface area contributed by atoms with Crippen molar-refractivity contribution in [3.8, 4) is 17.2 Å². The maximum Gasteiger partial charge on any atom is 1.00 e. The topological polar surface area (TPSA) is 86.7 Å². The second-order valence-electron chi connectivity index (χ2n) is 7.37. The summed E-state index contributed by atoms with van der Waals surface area (Å²) in [6, 6.07) is 10.5. The smallest absolute Gasteiger partial charge is 0.870 e. The van der Waals surface area contributed by atoms with Crippen molar-refractivity contribution in [3.63, 3.8) is 0 Å². The average molecular weight is 443 g/mol. The molecule has 0 bridgehead atoms. The van der Waals surface area contributed by atoms with Gasteiger partial charge in [-0.3, -0.25) is 4.55 Å². The molecule has 0 aliphatic carbocycles. The molecule has 5 nitrogen and oxygen atoms in total. The van der Waals surface area contributed by atoms with Gasteiger partial charge in [-0.05, 0) is 30.5 Å². The van der Waals surface area contributed by atoms with Gasteiger partial charge in [-0.1, -0.05) is 88.3 Å². The van der Waals surface area contributed by atoms with E-state index in [0.717, 1.165) is 24.8 Å². The molecule has 0 heterocycles. The number of unbranched alkanes of at least 4 members (excludes halogenated alkanes) is 8. The molecule has 1 N–H and O–H groups in total. The molecule has 0 saturated carbocycles. The second-order valence-corrected chi connectivity index (χ2v) is 8.80. The zero-order chi connectivity index (χ0) is 21.1. The van der Waals surface area contributed by atoms with E-state index < -0.39 is 10.1 Å². The number of hydrogen-bond donors (Lipinski definition) is 1. The van der Waals surface area contributed by atoms with Crippen molar-refractivity contribution < 1.29 is 52.4 Å². The van der Waals surface area contributed by atoms with Crippen molar-refractivity contribution >= 4 is 10.1 Å². The summed E-state index contributed by atoms with van der Waals surface area (Å²) in [7, 11) is -4.33. The van der Waals surface area contributed by atoms with E-state index in [1.54, 1.807) is 12.1 Å². The summed E-state index contributed by atoms with van der Waals surface area (Å²) in [5, 5.41) is 12.3. The summed E-state index contributed by atoms with van der Waals surface area (Å²) in [6.07, 6.45) is 11.8. The molecule has 0 atom stereocenters. The molecule has 0 fully saturated rings. The Hall–Kier alpha value is -1.05. The van der Waals surface area contributed by atoms with Crippen molar-refractivity contribution in [1.29, 1.82) is 0 Å². The van der Waals surface area contributed by atoms with Crippen LogP contribution in [0, 0.1) is 0 Å². The summed E-state index contributed by atoms with van der Waals surface area (Å²) in [5.74, 6) is 0.187. The van der Waals surface area contributed by atoms with Crippen LogP contribution in [0.4, 0.5) is 0 Å². The summed E-state index contributed by atoms with van der Waals surface area (Å²) in [5.41, 5.74) is 0.817. The Morgan fingerprint density at radius 2 is 1.50 bits per heavy atom. The molecule has 160 valence electrons. The second kappa shape index (κ2) is 14.1. The van der Waals surface area contributed by atoms with Crippen LogP contribution in [-0.4, -0.2) is 13.0 Å². The first kappa shape index (κ1) is 27.0. The van der Waals surface area contributed by atoms with Gasteiger partial charge in [0.1, 0.15) is 11.5 Å². The number of aryl methyl sites for hydroxylation is 1. The van der Waals surface area contributed by atoms with E-state index in [0.29, 0.717) is 0 Å². The predicted molar refractivity (Wildman–Crippen MR) is 113 cm³/mol. The summed E-state index contributed by atoms with van der Waals surface area (Å²) < 4.78 is 37.5. The van der Waals surface area contributed by atoms with Gasteiger partial charge in [0.05, 0.1) is 4.90 Å². The van der Waals surface area contributed by atoms with Crippen LogP contribution in [0.3, 0.4) is 0 Å². The number of hydrogen-bond acceptors (Lipinski definition) is 4. The van der Waals surface area contributed by atoms with Gasteiger partial charge in [0.15, 0.2) is 0 Å². The minimum absolute atomic E-state index is 0. The molecule has 0 aliphatic heterocycles. The molecule has 0 unspecified atom stereocenters. The van der Waals surface area contributed by atoms with Crippen LogP contribution in [0.25, 0.3) is 0 Å². The molecule has 30 heavy (non-hydrogen) atoms. The zero-order valence-electron chi connectivity index (χ0n) is 18.1. The number of benzene rings is 2. The summed E-state index contributed by atoms with van der Waals surface area (Å²) in [6.45, 7) is 2.22. The standard InChI is InChI=1S/C23H32O5S.Na/c1-2-3-4-5-6-7-8-9-10-13-19-14-11-17-22(24)23(19)28-20-15-12-16-21(18-20)29(25,26)27;/h11-12,14-18,24H,2-10,13H2,1H3,(H,25,26,27);/q;+1/p-1. The van der Waals surface area contributed by atoms with E-state index in [2.05, 4.69) is 6.92 Å². The van der Waals surface area contributed by atoms with Crippen LogP contribution in [0.5, 0.6) is 17.2 Å². The van der Waals surface area contributed by atoms with Gasteiger partial charge >= 0.3 is 29.6 Å².